The number of fused-ring (bicyclic) bond motifs is 2. The number of nitrogens with one attached hydrogen (secondary N) is 1. The number of allylic oxidation sites excluding steroid dienone is 1. The Morgan fingerprint density at radius 2 is 2.00 bits per heavy atom. The van der Waals surface area contributed by atoms with Crippen molar-refractivity contribution < 1.29 is 18.3 Å². The van der Waals surface area contributed by atoms with Crippen molar-refractivity contribution in [3.63, 3.8) is 0 Å². The standard InChI is InChI=1S/C24H25F3N2O/c1-14(2)29-13-16(19-10-18(25)4-5-21(19)26)11-24(29)17(6-7-30)12-28-23-20(24)8-15(3)9-22(23)27/h4-5,8-11,17,28,30H,1,6-7,12-13H2,2-3H3. The van der Waals surface area contributed by atoms with Crippen molar-refractivity contribution in [1.82, 2.24) is 4.90 Å². The number of nitrogens with zero attached hydrogens (tertiary/aromatic N) is 1. The average Bonchev–Trinajstić information content (AvgIpc) is 3.08. The van der Waals surface area contributed by atoms with Crippen LogP contribution in [-0.2, 0) is 5.54 Å². The Bertz CT molecular complexity index is 1050. The number of rotatable bonds is 4. The van der Waals surface area contributed by atoms with Gasteiger partial charge in [-0.05, 0) is 61.7 Å². The first-order chi connectivity index (χ1) is 14.3. The van der Waals surface area contributed by atoms with Crippen LogP contribution < -0.4 is 5.32 Å². The van der Waals surface area contributed by atoms with Gasteiger partial charge in [0.05, 0.1) is 11.2 Å². The summed E-state index contributed by atoms with van der Waals surface area (Å²) in [5.41, 5.74) is 2.60. The number of benzene rings is 2. The minimum Gasteiger partial charge on any atom is -0.396 e. The smallest absolute Gasteiger partial charge is 0.146 e. The molecule has 4 rings (SSSR count). The summed E-state index contributed by atoms with van der Waals surface area (Å²) < 4.78 is 43.4. The van der Waals surface area contributed by atoms with Crippen LogP contribution in [0.2, 0.25) is 0 Å². The second kappa shape index (κ2) is 7.51. The monoisotopic (exact) mass is 414 g/mol. The Morgan fingerprint density at radius 1 is 1.23 bits per heavy atom. The van der Waals surface area contributed by atoms with Crippen LogP contribution in [0.3, 0.4) is 0 Å². The van der Waals surface area contributed by atoms with Gasteiger partial charge in [-0.15, -0.1) is 0 Å². The maximum atomic E-state index is 14.9. The summed E-state index contributed by atoms with van der Waals surface area (Å²) in [6.07, 6.45) is 2.37. The Hall–Kier alpha value is -2.73. The lowest BCUT2D eigenvalue weighted by Crippen LogP contribution is -2.51. The number of anilines is 1. The first-order valence-corrected chi connectivity index (χ1v) is 10.0. The van der Waals surface area contributed by atoms with Gasteiger partial charge in [0.2, 0.25) is 0 Å². The fourth-order valence-electron chi connectivity index (χ4n) is 4.93. The fourth-order valence-corrected chi connectivity index (χ4v) is 4.93. The van der Waals surface area contributed by atoms with Crippen LogP contribution in [0.1, 0.15) is 30.0 Å². The van der Waals surface area contributed by atoms with Crippen LogP contribution in [0.5, 0.6) is 0 Å². The van der Waals surface area contributed by atoms with E-state index in [4.69, 9.17) is 0 Å². The van der Waals surface area contributed by atoms with E-state index in [1.165, 1.54) is 12.1 Å². The van der Waals surface area contributed by atoms with Gasteiger partial charge in [0, 0.05) is 42.4 Å². The molecule has 0 saturated carbocycles. The van der Waals surface area contributed by atoms with Crippen LogP contribution in [0, 0.1) is 30.3 Å². The molecule has 6 heteroatoms. The molecule has 158 valence electrons. The van der Waals surface area contributed by atoms with Crippen LogP contribution in [0.15, 0.2) is 48.7 Å². The highest BCUT2D eigenvalue weighted by Crippen LogP contribution is 2.53. The minimum absolute atomic E-state index is 0.0424. The van der Waals surface area contributed by atoms with E-state index in [1.807, 2.05) is 30.9 Å². The van der Waals surface area contributed by atoms with Gasteiger partial charge in [0.15, 0.2) is 0 Å². The van der Waals surface area contributed by atoms with E-state index < -0.39 is 17.2 Å². The zero-order valence-corrected chi connectivity index (χ0v) is 17.1. The molecule has 30 heavy (non-hydrogen) atoms. The van der Waals surface area contributed by atoms with E-state index >= 15 is 0 Å². The molecule has 2 aliphatic heterocycles. The van der Waals surface area contributed by atoms with Crippen LogP contribution in [0.25, 0.3) is 5.57 Å². The molecule has 2 aromatic rings. The highest BCUT2D eigenvalue weighted by atomic mass is 19.1. The SMILES string of the molecule is C=C(C)N1CC(c2cc(F)ccc2F)=CC12c1cc(C)cc(F)c1NCC2CCO. The number of hydrogen-bond acceptors (Lipinski definition) is 3. The van der Waals surface area contributed by atoms with Gasteiger partial charge in [0.25, 0.3) is 0 Å². The van der Waals surface area contributed by atoms with E-state index in [0.717, 1.165) is 29.0 Å². The zero-order valence-electron chi connectivity index (χ0n) is 17.1. The summed E-state index contributed by atoms with van der Waals surface area (Å²) in [7, 11) is 0. The second-order valence-electron chi connectivity index (χ2n) is 8.20. The molecule has 0 fully saturated rings. The van der Waals surface area contributed by atoms with Gasteiger partial charge in [-0.2, -0.15) is 0 Å². The first-order valence-electron chi connectivity index (χ1n) is 10.0. The molecule has 2 heterocycles. The maximum Gasteiger partial charge on any atom is 0.146 e. The molecule has 0 aliphatic carbocycles. The molecule has 2 aromatic carbocycles. The Kier molecular flexibility index (Phi) is 5.14. The van der Waals surface area contributed by atoms with Gasteiger partial charge in [-0.25, -0.2) is 13.2 Å². The molecule has 0 radical (unpaired) electrons. The topological polar surface area (TPSA) is 35.5 Å². The predicted octanol–water partition coefficient (Wildman–Crippen LogP) is 4.96. The molecule has 1 spiro atoms. The lowest BCUT2D eigenvalue weighted by atomic mass is 9.72. The third-order valence-electron chi connectivity index (χ3n) is 6.20. The van der Waals surface area contributed by atoms with Crippen LogP contribution in [-0.4, -0.2) is 29.7 Å². The third-order valence-corrected chi connectivity index (χ3v) is 6.20. The molecule has 0 amide bonds. The number of halogens is 3. The fraction of sp³-hybridized carbons (Fsp3) is 0.333. The van der Waals surface area contributed by atoms with Crippen molar-refractivity contribution in [3.05, 3.63) is 82.8 Å². The van der Waals surface area contributed by atoms with Crippen LogP contribution in [0.4, 0.5) is 18.9 Å². The van der Waals surface area contributed by atoms with Gasteiger partial charge in [0.1, 0.15) is 17.5 Å². The predicted molar refractivity (Wildman–Crippen MR) is 112 cm³/mol. The van der Waals surface area contributed by atoms with E-state index in [1.54, 1.807) is 0 Å². The lowest BCUT2D eigenvalue weighted by Gasteiger charge is -2.49. The summed E-state index contributed by atoms with van der Waals surface area (Å²) in [6.45, 7) is 8.50. The Labute approximate surface area is 174 Å². The van der Waals surface area contributed by atoms with Gasteiger partial charge in [-0.3, -0.25) is 0 Å². The number of aliphatic hydroxyl groups is 1. The van der Waals surface area contributed by atoms with Gasteiger partial charge in [-0.1, -0.05) is 12.6 Å². The molecule has 2 atom stereocenters. The number of hydrogen-bond donors (Lipinski definition) is 2. The molecule has 2 aliphatic rings. The number of aryl methyl sites for hydroxylation is 1. The van der Waals surface area contributed by atoms with E-state index in [0.29, 0.717) is 30.8 Å². The third kappa shape index (κ3) is 3.10. The van der Waals surface area contributed by atoms with Crippen molar-refractivity contribution >= 4 is 11.3 Å². The van der Waals surface area contributed by atoms with E-state index in [9.17, 15) is 18.3 Å². The van der Waals surface area contributed by atoms with Gasteiger partial charge >= 0.3 is 0 Å². The summed E-state index contributed by atoms with van der Waals surface area (Å²) in [5.74, 6) is -1.51. The molecule has 2 N–H and O–H groups in total. The molecule has 0 saturated heterocycles. The molecule has 2 unspecified atom stereocenters. The van der Waals surface area contributed by atoms with Crippen molar-refractivity contribution in [2.75, 3.05) is 25.0 Å². The Balaban J connectivity index is 2.00. The molecule has 0 bridgehead atoms. The maximum absolute atomic E-state index is 14.9. The Morgan fingerprint density at radius 3 is 2.70 bits per heavy atom. The quantitative estimate of drug-likeness (QED) is 0.742. The summed E-state index contributed by atoms with van der Waals surface area (Å²) in [4.78, 5) is 2.02. The van der Waals surface area contributed by atoms with Crippen molar-refractivity contribution in [2.45, 2.75) is 25.8 Å². The highest BCUT2D eigenvalue weighted by Gasteiger charge is 2.51. The highest BCUT2D eigenvalue weighted by molar-refractivity contribution is 5.75. The van der Waals surface area contributed by atoms with E-state index in [-0.39, 0.29) is 23.9 Å². The van der Waals surface area contributed by atoms with E-state index in [2.05, 4.69) is 11.9 Å². The van der Waals surface area contributed by atoms with Gasteiger partial charge < -0.3 is 15.3 Å². The summed E-state index contributed by atoms with van der Waals surface area (Å²) in [5, 5.41) is 12.9. The lowest BCUT2D eigenvalue weighted by molar-refractivity contribution is 0.112. The molecule has 0 aromatic heterocycles. The molecular weight excluding hydrogens is 389 g/mol. The normalized spacial score (nSPS) is 22.7. The molecular formula is C24H25F3N2O. The average molecular weight is 414 g/mol. The summed E-state index contributed by atoms with van der Waals surface area (Å²) in [6, 6.07) is 6.80. The second-order valence-corrected chi connectivity index (χ2v) is 8.20. The first kappa shape index (κ1) is 20.5. The number of aliphatic hydroxyl groups excluding tert-OH is 1. The van der Waals surface area contributed by atoms with Crippen molar-refractivity contribution in [3.8, 4) is 0 Å². The largest absolute Gasteiger partial charge is 0.396 e. The van der Waals surface area contributed by atoms with Crippen molar-refractivity contribution in [1.29, 1.82) is 0 Å². The van der Waals surface area contributed by atoms with Crippen LogP contribution >= 0.6 is 0 Å². The molecule has 3 nitrogen and oxygen atoms in total. The minimum atomic E-state index is -0.823. The van der Waals surface area contributed by atoms with Crippen molar-refractivity contribution in [2.24, 2.45) is 5.92 Å². The zero-order chi connectivity index (χ0) is 21.6. The summed E-state index contributed by atoms with van der Waals surface area (Å²) >= 11 is 0.